The molecule has 0 aromatic heterocycles. The highest BCUT2D eigenvalue weighted by Crippen LogP contribution is 2.32. The summed E-state index contributed by atoms with van der Waals surface area (Å²) in [4.78, 5) is 11.2. The number of carbonyl (C=O) groups excluding carboxylic acids is 1. The van der Waals surface area contributed by atoms with E-state index in [4.69, 9.17) is 0 Å². The fraction of sp³-hybridized carbons (Fsp3) is 0.318. The van der Waals surface area contributed by atoms with Crippen molar-refractivity contribution in [2.45, 2.75) is 32.2 Å². The van der Waals surface area contributed by atoms with Gasteiger partial charge in [0.2, 0.25) is 0 Å². The first-order chi connectivity index (χ1) is 12.2. The lowest BCUT2D eigenvalue weighted by Gasteiger charge is -2.14. The fourth-order valence-electron chi connectivity index (χ4n) is 3.44. The van der Waals surface area contributed by atoms with Crippen LogP contribution < -0.4 is 5.32 Å². The molecule has 1 aliphatic rings. The minimum Gasteiger partial charge on any atom is -0.466 e. The second kappa shape index (κ2) is 8.13. The number of esters is 1. The highest BCUT2D eigenvalue weighted by molar-refractivity contribution is 5.86. The van der Waals surface area contributed by atoms with Crippen LogP contribution >= 0.6 is 0 Å². The van der Waals surface area contributed by atoms with E-state index >= 15 is 0 Å². The van der Waals surface area contributed by atoms with Crippen LogP contribution in [0.25, 0.3) is 6.08 Å². The summed E-state index contributed by atoms with van der Waals surface area (Å²) in [5, 5.41) is 3.69. The molecule has 0 aliphatic heterocycles. The van der Waals surface area contributed by atoms with Gasteiger partial charge in [0, 0.05) is 12.1 Å². The molecule has 0 saturated carbocycles. The Hall–Kier alpha value is -2.39. The molecule has 130 valence electrons. The molecule has 0 bridgehead atoms. The third-order valence-corrected chi connectivity index (χ3v) is 4.74. The van der Waals surface area contributed by atoms with Gasteiger partial charge in [0.15, 0.2) is 0 Å². The SMILES string of the molecule is COC(=O)/C=C/c1ccc2c(c1)CCC2NCCc1cccc(C)c1. The van der Waals surface area contributed by atoms with E-state index < -0.39 is 0 Å². The number of fused-ring (bicyclic) bond motifs is 1. The number of nitrogens with one attached hydrogen (secondary N) is 1. The Kier molecular flexibility index (Phi) is 5.67. The first-order valence-corrected chi connectivity index (χ1v) is 8.83. The van der Waals surface area contributed by atoms with Gasteiger partial charge in [-0.25, -0.2) is 4.79 Å². The second-order valence-electron chi connectivity index (χ2n) is 6.60. The zero-order chi connectivity index (χ0) is 17.6. The van der Waals surface area contributed by atoms with E-state index in [2.05, 4.69) is 59.4 Å². The largest absolute Gasteiger partial charge is 0.466 e. The molecule has 1 N–H and O–H groups in total. The van der Waals surface area contributed by atoms with Gasteiger partial charge in [-0.1, -0.05) is 48.0 Å². The number of hydrogen-bond donors (Lipinski definition) is 1. The third-order valence-electron chi connectivity index (χ3n) is 4.74. The summed E-state index contributed by atoms with van der Waals surface area (Å²) < 4.78 is 4.63. The number of rotatable bonds is 6. The maximum absolute atomic E-state index is 11.2. The van der Waals surface area contributed by atoms with Crippen LogP contribution in [-0.4, -0.2) is 19.6 Å². The Morgan fingerprint density at radius 3 is 2.96 bits per heavy atom. The van der Waals surface area contributed by atoms with Crippen LogP contribution in [0.4, 0.5) is 0 Å². The Morgan fingerprint density at radius 2 is 2.16 bits per heavy atom. The van der Waals surface area contributed by atoms with Crippen molar-refractivity contribution >= 4 is 12.0 Å². The van der Waals surface area contributed by atoms with Crippen LogP contribution in [0.1, 0.15) is 40.3 Å². The van der Waals surface area contributed by atoms with Crippen molar-refractivity contribution in [3.8, 4) is 0 Å². The van der Waals surface area contributed by atoms with Crippen molar-refractivity contribution in [3.05, 3.63) is 76.4 Å². The first-order valence-electron chi connectivity index (χ1n) is 8.83. The molecular weight excluding hydrogens is 310 g/mol. The molecule has 0 amide bonds. The van der Waals surface area contributed by atoms with Crippen LogP contribution in [0, 0.1) is 6.92 Å². The highest BCUT2D eigenvalue weighted by Gasteiger charge is 2.21. The summed E-state index contributed by atoms with van der Waals surface area (Å²) in [7, 11) is 1.39. The van der Waals surface area contributed by atoms with Crippen molar-refractivity contribution in [1.82, 2.24) is 5.32 Å². The minimum atomic E-state index is -0.323. The molecule has 0 radical (unpaired) electrons. The monoisotopic (exact) mass is 335 g/mol. The number of benzene rings is 2. The molecule has 1 unspecified atom stereocenters. The molecule has 3 nitrogen and oxygen atoms in total. The van der Waals surface area contributed by atoms with E-state index in [1.807, 2.05) is 6.08 Å². The van der Waals surface area contributed by atoms with Crippen LogP contribution in [0.2, 0.25) is 0 Å². The van der Waals surface area contributed by atoms with E-state index in [0.29, 0.717) is 6.04 Å². The van der Waals surface area contributed by atoms with E-state index in [1.54, 1.807) is 0 Å². The predicted molar refractivity (Wildman–Crippen MR) is 101 cm³/mol. The van der Waals surface area contributed by atoms with E-state index in [0.717, 1.165) is 31.4 Å². The van der Waals surface area contributed by atoms with Crippen molar-refractivity contribution in [2.24, 2.45) is 0 Å². The van der Waals surface area contributed by atoms with Crippen LogP contribution in [0.5, 0.6) is 0 Å². The molecule has 3 heteroatoms. The zero-order valence-corrected chi connectivity index (χ0v) is 14.9. The van der Waals surface area contributed by atoms with Gasteiger partial charge in [-0.3, -0.25) is 0 Å². The van der Waals surface area contributed by atoms with E-state index in [1.165, 1.54) is 35.4 Å². The van der Waals surface area contributed by atoms with Gasteiger partial charge in [0.25, 0.3) is 0 Å². The summed E-state index contributed by atoms with van der Waals surface area (Å²) in [6, 6.07) is 15.6. The van der Waals surface area contributed by atoms with Gasteiger partial charge in [0.05, 0.1) is 7.11 Å². The third kappa shape index (κ3) is 4.58. The molecule has 0 spiro atoms. The summed E-state index contributed by atoms with van der Waals surface area (Å²) in [5.41, 5.74) is 6.51. The second-order valence-corrected chi connectivity index (χ2v) is 6.60. The average molecular weight is 335 g/mol. The number of ether oxygens (including phenoxy) is 1. The van der Waals surface area contributed by atoms with Gasteiger partial charge >= 0.3 is 5.97 Å². The van der Waals surface area contributed by atoms with Gasteiger partial charge in [-0.15, -0.1) is 0 Å². The lowest BCUT2D eigenvalue weighted by Crippen LogP contribution is -2.21. The van der Waals surface area contributed by atoms with Gasteiger partial charge < -0.3 is 10.1 Å². The summed E-state index contributed by atoms with van der Waals surface area (Å²) >= 11 is 0. The number of aryl methyl sites for hydroxylation is 2. The highest BCUT2D eigenvalue weighted by atomic mass is 16.5. The molecular formula is C22H25NO2. The average Bonchev–Trinajstić information content (AvgIpc) is 3.02. The lowest BCUT2D eigenvalue weighted by molar-refractivity contribution is -0.134. The predicted octanol–water partition coefficient (Wildman–Crippen LogP) is 4.00. The summed E-state index contributed by atoms with van der Waals surface area (Å²) in [6.07, 6.45) is 6.54. The zero-order valence-electron chi connectivity index (χ0n) is 14.9. The quantitative estimate of drug-likeness (QED) is 0.640. The fourth-order valence-corrected chi connectivity index (χ4v) is 3.44. The van der Waals surface area contributed by atoms with Gasteiger partial charge in [-0.05, 0) is 61.1 Å². The normalized spacial score (nSPS) is 16.2. The Labute approximate surface area is 149 Å². The van der Waals surface area contributed by atoms with E-state index in [9.17, 15) is 4.79 Å². The molecule has 3 rings (SSSR count). The lowest BCUT2D eigenvalue weighted by atomic mass is 10.0. The van der Waals surface area contributed by atoms with Crippen molar-refractivity contribution in [3.63, 3.8) is 0 Å². The first kappa shape index (κ1) is 17.4. The van der Waals surface area contributed by atoms with E-state index in [-0.39, 0.29) is 5.97 Å². The topological polar surface area (TPSA) is 38.3 Å². The van der Waals surface area contributed by atoms with Crippen molar-refractivity contribution in [2.75, 3.05) is 13.7 Å². The van der Waals surface area contributed by atoms with Crippen LogP contribution in [0.15, 0.2) is 48.5 Å². The standard InChI is InChI=1S/C22H25NO2/c1-16-4-3-5-17(14-16)12-13-23-21-10-8-19-15-18(6-9-20(19)21)7-11-22(24)25-2/h3-7,9,11,14-15,21,23H,8,10,12-13H2,1-2H3/b11-7+. The number of hydrogen-bond acceptors (Lipinski definition) is 3. The van der Waals surface area contributed by atoms with Crippen LogP contribution in [0.3, 0.4) is 0 Å². The molecule has 1 atom stereocenters. The van der Waals surface area contributed by atoms with Crippen molar-refractivity contribution < 1.29 is 9.53 Å². The smallest absolute Gasteiger partial charge is 0.330 e. The maximum atomic E-state index is 11.2. The maximum Gasteiger partial charge on any atom is 0.330 e. The summed E-state index contributed by atoms with van der Waals surface area (Å²) in [5.74, 6) is -0.323. The molecule has 0 saturated heterocycles. The Bertz CT molecular complexity index is 779. The molecule has 25 heavy (non-hydrogen) atoms. The van der Waals surface area contributed by atoms with Crippen molar-refractivity contribution in [1.29, 1.82) is 0 Å². The van der Waals surface area contributed by atoms with Gasteiger partial charge in [-0.2, -0.15) is 0 Å². The van der Waals surface area contributed by atoms with Crippen LogP contribution in [-0.2, 0) is 22.4 Å². The Morgan fingerprint density at radius 1 is 1.28 bits per heavy atom. The molecule has 2 aromatic rings. The molecule has 0 fully saturated rings. The molecule has 1 aliphatic carbocycles. The Balaban J connectivity index is 1.58. The number of carbonyl (C=O) groups is 1. The number of methoxy groups -OCH3 is 1. The van der Waals surface area contributed by atoms with Gasteiger partial charge in [0.1, 0.15) is 0 Å². The summed E-state index contributed by atoms with van der Waals surface area (Å²) in [6.45, 7) is 3.12. The molecule has 0 heterocycles. The molecule has 2 aromatic carbocycles. The minimum absolute atomic E-state index is 0.323.